The summed E-state index contributed by atoms with van der Waals surface area (Å²) in [6, 6.07) is 7.38. The number of amides is 2. The molecule has 0 aliphatic carbocycles. The lowest BCUT2D eigenvalue weighted by Gasteiger charge is -2.24. The Morgan fingerprint density at radius 2 is 2.05 bits per heavy atom. The first-order valence-corrected chi connectivity index (χ1v) is 8.51. The van der Waals surface area contributed by atoms with Crippen LogP contribution in [0.4, 0.5) is 5.69 Å². The third kappa shape index (κ3) is 2.79. The van der Waals surface area contributed by atoms with E-state index in [2.05, 4.69) is 0 Å². The standard InChI is InChI=1S/C16H20N2O3S/c1-11-17(7-8-22-11)16(20)12-9-15(19)18(10-12)13-3-5-14(21-2)6-4-13/h3-6,11-12H,7-10H2,1-2H3. The SMILES string of the molecule is COc1ccc(N2CC(C(=O)N3CCSC3C)CC2=O)cc1. The second-order valence-electron chi connectivity index (χ2n) is 5.61. The molecule has 1 aromatic rings. The van der Waals surface area contributed by atoms with Crippen LogP contribution in [0.15, 0.2) is 24.3 Å². The summed E-state index contributed by atoms with van der Waals surface area (Å²) < 4.78 is 5.13. The number of hydrogen-bond acceptors (Lipinski definition) is 4. The molecular weight excluding hydrogens is 300 g/mol. The summed E-state index contributed by atoms with van der Waals surface area (Å²) in [7, 11) is 1.61. The number of nitrogens with zero attached hydrogens (tertiary/aromatic N) is 2. The van der Waals surface area contributed by atoms with E-state index in [1.165, 1.54) is 0 Å². The van der Waals surface area contributed by atoms with Gasteiger partial charge in [-0.05, 0) is 31.2 Å². The first-order chi connectivity index (χ1) is 10.6. The third-order valence-corrected chi connectivity index (χ3v) is 5.43. The fourth-order valence-electron chi connectivity index (χ4n) is 3.00. The van der Waals surface area contributed by atoms with Gasteiger partial charge in [-0.15, -0.1) is 11.8 Å². The van der Waals surface area contributed by atoms with Gasteiger partial charge in [0.15, 0.2) is 0 Å². The molecule has 2 amide bonds. The number of methoxy groups -OCH3 is 1. The summed E-state index contributed by atoms with van der Waals surface area (Å²) in [5.74, 6) is 1.64. The van der Waals surface area contributed by atoms with E-state index in [9.17, 15) is 9.59 Å². The van der Waals surface area contributed by atoms with Gasteiger partial charge in [0.05, 0.1) is 18.4 Å². The van der Waals surface area contributed by atoms with E-state index in [1.54, 1.807) is 23.8 Å². The molecular formula is C16H20N2O3S. The molecule has 5 nitrogen and oxygen atoms in total. The van der Waals surface area contributed by atoms with Gasteiger partial charge < -0.3 is 14.5 Å². The van der Waals surface area contributed by atoms with Crippen LogP contribution < -0.4 is 9.64 Å². The molecule has 6 heteroatoms. The van der Waals surface area contributed by atoms with Crippen LogP contribution in [0.2, 0.25) is 0 Å². The number of rotatable bonds is 3. The molecule has 118 valence electrons. The van der Waals surface area contributed by atoms with Crippen molar-refractivity contribution in [1.29, 1.82) is 0 Å². The van der Waals surface area contributed by atoms with Gasteiger partial charge in [-0.2, -0.15) is 0 Å². The van der Waals surface area contributed by atoms with Crippen LogP contribution in [-0.4, -0.2) is 48.0 Å². The number of carbonyl (C=O) groups is 2. The minimum atomic E-state index is -0.226. The molecule has 0 spiro atoms. The Bertz CT molecular complexity index is 575. The van der Waals surface area contributed by atoms with E-state index >= 15 is 0 Å². The average Bonchev–Trinajstić information content (AvgIpc) is 3.13. The number of anilines is 1. The Morgan fingerprint density at radius 3 is 2.64 bits per heavy atom. The molecule has 2 atom stereocenters. The fraction of sp³-hybridized carbons (Fsp3) is 0.500. The number of benzene rings is 1. The number of carbonyl (C=O) groups excluding carboxylic acids is 2. The van der Waals surface area contributed by atoms with Crippen LogP contribution in [0.5, 0.6) is 5.75 Å². The van der Waals surface area contributed by atoms with Crippen LogP contribution in [-0.2, 0) is 9.59 Å². The highest BCUT2D eigenvalue weighted by molar-refractivity contribution is 8.00. The van der Waals surface area contributed by atoms with Crippen LogP contribution in [0.3, 0.4) is 0 Å². The van der Waals surface area contributed by atoms with Gasteiger partial charge in [0, 0.05) is 31.0 Å². The van der Waals surface area contributed by atoms with E-state index in [-0.39, 0.29) is 23.1 Å². The first kappa shape index (κ1) is 15.2. The minimum absolute atomic E-state index is 0.0167. The monoisotopic (exact) mass is 320 g/mol. The van der Waals surface area contributed by atoms with Crippen LogP contribution in [0, 0.1) is 5.92 Å². The Morgan fingerprint density at radius 1 is 1.32 bits per heavy atom. The van der Waals surface area contributed by atoms with Crippen LogP contribution in [0.1, 0.15) is 13.3 Å². The van der Waals surface area contributed by atoms with Crippen molar-refractivity contribution in [2.75, 3.05) is 30.9 Å². The van der Waals surface area contributed by atoms with E-state index in [1.807, 2.05) is 36.1 Å². The van der Waals surface area contributed by atoms with Gasteiger partial charge in [-0.3, -0.25) is 9.59 Å². The van der Waals surface area contributed by atoms with Crippen LogP contribution in [0.25, 0.3) is 0 Å². The molecule has 2 heterocycles. The smallest absolute Gasteiger partial charge is 0.228 e. The van der Waals surface area contributed by atoms with Gasteiger partial charge in [0.1, 0.15) is 5.75 Å². The molecule has 0 saturated carbocycles. The van der Waals surface area contributed by atoms with E-state index in [0.717, 1.165) is 23.7 Å². The zero-order chi connectivity index (χ0) is 15.7. The lowest BCUT2D eigenvalue weighted by molar-refractivity contribution is -0.135. The molecule has 0 radical (unpaired) electrons. The summed E-state index contributed by atoms with van der Waals surface area (Å²) in [5, 5.41) is 0.220. The molecule has 2 saturated heterocycles. The van der Waals surface area contributed by atoms with Crippen molar-refractivity contribution in [3.05, 3.63) is 24.3 Å². The van der Waals surface area contributed by atoms with Gasteiger partial charge in [-0.25, -0.2) is 0 Å². The Balaban J connectivity index is 1.71. The molecule has 2 fully saturated rings. The summed E-state index contributed by atoms with van der Waals surface area (Å²) in [5.41, 5.74) is 0.824. The van der Waals surface area contributed by atoms with Crippen molar-refractivity contribution >= 4 is 29.3 Å². The highest BCUT2D eigenvalue weighted by atomic mass is 32.2. The molecule has 3 rings (SSSR count). The largest absolute Gasteiger partial charge is 0.497 e. The van der Waals surface area contributed by atoms with E-state index < -0.39 is 0 Å². The summed E-state index contributed by atoms with van der Waals surface area (Å²) >= 11 is 1.79. The number of thioether (sulfide) groups is 1. The molecule has 0 aromatic heterocycles. The van der Waals surface area contributed by atoms with Gasteiger partial charge in [0.2, 0.25) is 11.8 Å². The molecule has 1 aromatic carbocycles. The number of hydrogen-bond donors (Lipinski definition) is 0. The van der Waals surface area contributed by atoms with Crippen molar-refractivity contribution in [2.24, 2.45) is 5.92 Å². The van der Waals surface area contributed by atoms with Crippen molar-refractivity contribution in [1.82, 2.24) is 4.90 Å². The molecule has 2 aliphatic heterocycles. The zero-order valence-electron chi connectivity index (χ0n) is 12.8. The maximum Gasteiger partial charge on any atom is 0.228 e. The zero-order valence-corrected chi connectivity index (χ0v) is 13.6. The molecule has 2 aliphatic rings. The fourth-order valence-corrected chi connectivity index (χ4v) is 4.03. The van der Waals surface area contributed by atoms with E-state index in [0.29, 0.717) is 13.0 Å². The summed E-state index contributed by atoms with van der Waals surface area (Å²) in [4.78, 5) is 28.5. The maximum absolute atomic E-state index is 12.6. The molecule has 2 unspecified atom stereocenters. The van der Waals surface area contributed by atoms with Crippen molar-refractivity contribution < 1.29 is 14.3 Å². The predicted octanol–water partition coefficient (Wildman–Crippen LogP) is 1.97. The highest BCUT2D eigenvalue weighted by Crippen LogP contribution is 2.31. The van der Waals surface area contributed by atoms with Crippen molar-refractivity contribution in [2.45, 2.75) is 18.7 Å². The Labute approximate surface area is 134 Å². The third-order valence-electron chi connectivity index (χ3n) is 4.27. The van der Waals surface area contributed by atoms with E-state index in [4.69, 9.17) is 4.74 Å². The Kier molecular flexibility index (Phi) is 4.29. The average molecular weight is 320 g/mol. The summed E-state index contributed by atoms with van der Waals surface area (Å²) in [6.45, 7) is 3.31. The topological polar surface area (TPSA) is 49.9 Å². The minimum Gasteiger partial charge on any atom is -0.497 e. The normalized spacial score (nSPS) is 24.9. The van der Waals surface area contributed by atoms with Crippen LogP contribution >= 0.6 is 11.8 Å². The number of ether oxygens (including phenoxy) is 1. The molecule has 0 N–H and O–H groups in total. The van der Waals surface area contributed by atoms with Gasteiger partial charge in [-0.1, -0.05) is 0 Å². The summed E-state index contributed by atoms with van der Waals surface area (Å²) in [6.07, 6.45) is 0.304. The lowest BCUT2D eigenvalue weighted by atomic mass is 10.1. The second kappa shape index (κ2) is 6.20. The van der Waals surface area contributed by atoms with Gasteiger partial charge >= 0.3 is 0 Å². The highest BCUT2D eigenvalue weighted by Gasteiger charge is 2.39. The van der Waals surface area contributed by atoms with Crippen molar-refractivity contribution in [3.63, 3.8) is 0 Å². The molecule has 22 heavy (non-hydrogen) atoms. The molecule has 0 bridgehead atoms. The Hall–Kier alpha value is -1.69. The quantitative estimate of drug-likeness (QED) is 0.854. The second-order valence-corrected chi connectivity index (χ2v) is 7.03. The lowest BCUT2D eigenvalue weighted by Crippen LogP contribution is -2.39. The predicted molar refractivity (Wildman–Crippen MR) is 87.1 cm³/mol. The van der Waals surface area contributed by atoms with Crippen molar-refractivity contribution in [3.8, 4) is 5.75 Å². The maximum atomic E-state index is 12.6. The van der Waals surface area contributed by atoms with Gasteiger partial charge in [0.25, 0.3) is 0 Å². The first-order valence-electron chi connectivity index (χ1n) is 7.46.